The van der Waals surface area contributed by atoms with Gasteiger partial charge in [0.15, 0.2) is 0 Å². The molecule has 2 aromatic rings. The van der Waals surface area contributed by atoms with Gasteiger partial charge in [0.2, 0.25) is 0 Å². The van der Waals surface area contributed by atoms with Crippen molar-refractivity contribution < 1.29 is 0 Å². The minimum atomic E-state index is 1.17. The summed E-state index contributed by atoms with van der Waals surface area (Å²) in [4.78, 5) is 0. The number of hydrogen-bond donors (Lipinski definition) is 0. The second-order valence-corrected chi connectivity index (χ2v) is 6.96. The van der Waals surface area contributed by atoms with E-state index in [0.717, 1.165) is 0 Å². The number of fused-ring (bicyclic) bond motifs is 1. The van der Waals surface area contributed by atoms with Crippen molar-refractivity contribution in [3.8, 4) is 0 Å². The van der Waals surface area contributed by atoms with Crippen LogP contribution >= 0.6 is 0 Å². The Hall–Kier alpha value is -1.24. The molecule has 0 unspecified atom stereocenters. The summed E-state index contributed by atoms with van der Waals surface area (Å²) in [7, 11) is 0. The summed E-state index contributed by atoms with van der Waals surface area (Å²) in [5, 5.41) is 1.37. The smallest absolute Gasteiger partial charge is 0.0480 e. The molecule has 0 aliphatic carbocycles. The van der Waals surface area contributed by atoms with E-state index in [-0.39, 0.29) is 0 Å². The number of benzene rings is 1. The van der Waals surface area contributed by atoms with E-state index >= 15 is 0 Å². The molecular formula is C22H35N. The van der Waals surface area contributed by atoms with Crippen molar-refractivity contribution in [1.82, 2.24) is 4.57 Å². The lowest BCUT2D eigenvalue weighted by molar-refractivity contribution is 0.531. The Balaban J connectivity index is 1.44. The van der Waals surface area contributed by atoms with Gasteiger partial charge in [0.25, 0.3) is 0 Å². The first-order chi connectivity index (χ1) is 11.4. The summed E-state index contributed by atoms with van der Waals surface area (Å²) >= 11 is 0. The van der Waals surface area contributed by atoms with Crippen LogP contribution in [-0.4, -0.2) is 4.57 Å². The lowest BCUT2D eigenvalue weighted by Gasteiger charge is -2.06. The van der Waals surface area contributed by atoms with Gasteiger partial charge in [-0.15, -0.1) is 0 Å². The number of aromatic nitrogens is 1. The Morgan fingerprint density at radius 1 is 0.652 bits per heavy atom. The molecule has 1 heteroatoms. The molecule has 0 aliphatic rings. The summed E-state index contributed by atoms with van der Waals surface area (Å²) in [6, 6.07) is 10.9. The molecule has 0 fully saturated rings. The molecule has 23 heavy (non-hydrogen) atoms. The fourth-order valence-electron chi connectivity index (χ4n) is 3.46. The van der Waals surface area contributed by atoms with Crippen molar-refractivity contribution in [2.45, 2.75) is 90.5 Å². The van der Waals surface area contributed by atoms with Gasteiger partial charge in [0, 0.05) is 18.3 Å². The van der Waals surface area contributed by atoms with Crippen LogP contribution in [-0.2, 0) is 6.54 Å². The predicted molar refractivity (Wildman–Crippen MR) is 103 cm³/mol. The van der Waals surface area contributed by atoms with Crippen molar-refractivity contribution >= 4 is 10.9 Å². The van der Waals surface area contributed by atoms with Crippen LogP contribution in [0.2, 0.25) is 0 Å². The average Bonchev–Trinajstić information content (AvgIpc) is 2.99. The van der Waals surface area contributed by atoms with E-state index in [0.29, 0.717) is 0 Å². The monoisotopic (exact) mass is 313 g/mol. The molecule has 0 amide bonds. The number of unbranched alkanes of at least 4 members (excludes halogenated alkanes) is 11. The zero-order valence-electron chi connectivity index (χ0n) is 15.1. The van der Waals surface area contributed by atoms with Crippen molar-refractivity contribution in [3.63, 3.8) is 0 Å². The molecule has 1 heterocycles. The third-order valence-electron chi connectivity index (χ3n) is 4.93. The van der Waals surface area contributed by atoms with Crippen molar-refractivity contribution in [3.05, 3.63) is 36.5 Å². The minimum Gasteiger partial charge on any atom is -0.347 e. The molecule has 0 saturated heterocycles. The molecule has 0 spiro atoms. The molecule has 0 atom stereocenters. The van der Waals surface area contributed by atoms with Crippen LogP contribution in [0.3, 0.4) is 0 Å². The van der Waals surface area contributed by atoms with Gasteiger partial charge in [-0.05, 0) is 23.9 Å². The van der Waals surface area contributed by atoms with Gasteiger partial charge in [-0.1, -0.05) is 95.8 Å². The minimum absolute atomic E-state index is 1.17. The van der Waals surface area contributed by atoms with E-state index in [1.165, 1.54) is 94.5 Å². The third kappa shape index (κ3) is 6.81. The van der Waals surface area contributed by atoms with Crippen molar-refractivity contribution in [2.75, 3.05) is 0 Å². The van der Waals surface area contributed by atoms with Crippen molar-refractivity contribution in [2.24, 2.45) is 0 Å². The van der Waals surface area contributed by atoms with Crippen LogP contribution in [0.1, 0.15) is 84.0 Å². The van der Waals surface area contributed by atoms with E-state index in [4.69, 9.17) is 0 Å². The fourth-order valence-corrected chi connectivity index (χ4v) is 3.46. The maximum atomic E-state index is 2.41. The van der Waals surface area contributed by atoms with Gasteiger partial charge in [-0.25, -0.2) is 0 Å². The molecule has 128 valence electrons. The number of aryl methyl sites for hydroxylation is 1. The summed E-state index contributed by atoms with van der Waals surface area (Å²) in [6.45, 7) is 3.46. The number of nitrogens with zero attached hydrogens (tertiary/aromatic N) is 1. The van der Waals surface area contributed by atoms with Gasteiger partial charge in [-0.2, -0.15) is 0 Å². The zero-order chi connectivity index (χ0) is 16.2. The summed E-state index contributed by atoms with van der Waals surface area (Å²) < 4.78 is 2.41. The summed E-state index contributed by atoms with van der Waals surface area (Å²) in [6.07, 6.45) is 19.3. The highest BCUT2D eigenvalue weighted by Gasteiger charge is 1.99. The Morgan fingerprint density at radius 2 is 1.22 bits per heavy atom. The van der Waals surface area contributed by atoms with Gasteiger partial charge in [-0.3, -0.25) is 0 Å². The predicted octanol–water partition coefficient (Wildman–Crippen LogP) is 7.34. The number of rotatable bonds is 13. The van der Waals surface area contributed by atoms with E-state index in [1.54, 1.807) is 0 Å². The quantitative estimate of drug-likeness (QED) is 0.341. The first-order valence-corrected chi connectivity index (χ1v) is 9.95. The van der Waals surface area contributed by atoms with Gasteiger partial charge in [0.05, 0.1) is 0 Å². The molecule has 0 radical (unpaired) electrons. The van der Waals surface area contributed by atoms with E-state index in [2.05, 4.69) is 48.0 Å². The second-order valence-electron chi connectivity index (χ2n) is 6.96. The van der Waals surface area contributed by atoms with Crippen LogP contribution in [0.15, 0.2) is 36.5 Å². The molecule has 2 rings (SSSR count). The Labute approximate surface area is 143 Å². The first kappa shape index (κ1) is 18.1. The highest BCUT2D eigenvalue weighted by molar-refractivity contribution is 5.79. The highest BCUT2D eigenvalue weighted by Crippen LogP contribution is 2.17. The van der Waals surface area contributed by atoms with Crippen LogP contribution in [0, 0.1) is 0 Å². The molecule has 0 bridgehead atoms. The lowest BCUT2D eigenvalue weighted by atomic mass is 10.1. The summed E-state index contributed by atoms with van der Waals surface area (Å²) in [5.41, 5.74) is 1.38. The van der Waals surface area contributed by atoms with Gasteiger partial charge >= 0.3 is 0 Å². The number of hydrogen-bond acceptors (Lipinski definition) is 0. The van der Waals surface area contributed by atoms with Crippen LogP contribution < -0.4 is 0 Å². The third-order valence-corrected chi connectivity index (χ3v) is 4.93. The first-order valence-electron chi connectivity index (χ1n) is 9.95. The normalized spacial score (nSPS) is 11.3. The zero-order valence-corrected chi connectivity index (χ0v) is 15.1. The topological polar surface area (TPSA) is 4.93 Å². The van der Waals surface area contributed by atoms with Crippen LogP contribution in [0.5, 0.6) is 0 Å². The van der Waals surface area contributed by atoms with Gasteiger partial charge in [0.1, 0.15) is 0 Å². The fraction of sp³-hybridized carbons (Fsp3) is 0.636. The second kappa shape index (κ2) is 11.3. The van der Waals surface area contributed by atoms with E-state index in [9.17, 15) is 0 Å². The maximum Gasteiger partial charge on any atom is 0.0480 e. The maximum absolute atomic E-state index is 2.41. The Kier molecular flexibility index (Phi) is 8.91. The highest BCUT2D eigenvalue weighted by atomic mass is 14.9. The van der Waals surface area contributed by atoms with E-state index in [1.807, 2.05) is 0 Å². The Morgan fingerprint density at radius 3 is 1.87 bits per heavy atom. The molecular weight excluding hydrogens is 278 g/mol. The van der Waals surface area contributed by atoms with Gasteiger partial charge < -0.3 is 4.57 Å². The molecule has 1 aromatic carbocycles. The standard InChI is InChI=1S/C22H35N/c1-2-3-4-5-6-7-8-9-10-11-12-15-19-23-20-18-21-16-13-14-17-22(21)23/h13-14,16-18,20H,2-12,15,19H2,1H3. The van der Waals surface area contributed by atoms with Crippen molar-refractivity contribution in [1.29, 1.82) is 0 Å². The molecule has 0 saturated carbocycles. The van der Waals surface area contributed by atoms with Crippen LogP contribution in [0.4, 0.5) is 0 Å². The van der Waals surface area contributed by atoms with E-state index < -0.39 is 0 Å². The molecule has 0 aliphatic heterocycles. The number of para-hydroxylation sites is 1. The Bertz CT molecular complexity index is 526. The summed E-state index contributed by atoms with van der Waals surface area (Å²) in [5.74, 6) is 0. The molecule has 1 aromatic heterocycles. The SMILES string of the molecule is CCCCCCCCCCCCCCn1ccc2ccccc21. The largest absolute Gasteiger partial charge is 0.347 e. The molecule has 0 N–H and O–H groups in total. The molecule has 1 nitrogen and oxygen atoms in total. The lowest BCUT2D eigenvalue weighted by Crippen LogP contribution is -1.95. The average molecular weight is 314 g/mol. The van der Waals surface area contributed by atoms with Crippen LogP contribution in [0.25, 0.3) is 10.9 Å².